The fourth-order valence-corrected chi connectivity index (χ4v) is 2.08. The molecule has 0 spiro atoms. The molecule has 0 aliphatic heterocycles. The second-order valence-electron chi connectivity index (χ2n) is 4.46. The zero-order valence-corrected chi connectivity index (χ0v) is 11.2. The minimum atomic E-state index is 0.508. The summed E-state index contributed by atoms with van der Waals surface area (Å²) in [5.74, 6) is 1.36. The molecular formula is C17H15NO2. The van der Waals surface area contributed by atoms with Gasteiger partial charge < -0.3 is 9.47 Å². The predicted molar refractivity (Wildman–Crippen MR) is 79.1 cm³/mol. The summed E-state index contributed by atoms with van der Waals surface area (Å²) in [5.41, 5.74) is 1.94. The van der Waals surface area contributed by atoms with Crippen LogP contribution in [0.25, 0.3) is 10.9 Å². The molecule has 1 heterocycles. The van der Waals surface area contributed by atoms with Crippen LogP contribution in [0.2, 0.25) is 0 Å². The molecule has 3 aromatic rings. The Hall–Kier alpha value is -2.55. The molecule has 20 heavy (non-hydrogen) atoms. The molecule has 1 aromatic heterocycles. The lowest BCUT2D eigenvalue weighted by Crippen LogP contribution is -1.97. The molecule has 3 heteroatoms. The van der Waals surface area contributed by atoms with Gasteiger partial charge in [0.2, 0.25) is 5.88 Å². The van der Waals surface area contributed by atoms with Gasteiger partial charge >= 0.3 is 0 Å². The van der Waals surface area contributed by atoms with Crippen LogP contribution in [0.1, 0.15) is 5.56 Å². The highest BCUT2D eigenvalue weighted by Crippen LogP contribution is 2.25. The third-order valence-corrected chi connectivity index (χ3v) is 3.11. The van der Waals surface area contributed by atoms with E-state index in [0.717, 1.165) is 22.2 Å². The van der Waals surface area contributed by atoms with Crippen LogP contribution in [0.4, 0.5) is 0 Å². The van der Waals surface area contributed by atoms with Gasteiger partial charge in [-0.05, 0) is 17.7 Å². The highest BCUT2D eigenvalue weighted by atomic mass is 16.5. The monoisotopic (exact) mass is 265 g/mol. The van der Waals surface area contributed by atoms with Crippen molar-refractivity contribution in [2.75, 3.05) is 7.11 Å². The normalized spacial score (nSPS) is 10.4. The Balaban J connectivity index is 1.85. The van der Waals surface area contributed by atoms with Crippen LogP contribution in [0.5, 0.6) is 11.6 Å². The van der Waals surface area contributed by atoms with Crippen LogP contribution < -0.4 is 9.47 Å². The minimum absolute atomic E-state index is 0.508. The zero-order chi connectivity index (χ0) is 13.8. The van der Waals surface area contributed by atoms with Crippen LogP contribution in [0.15, 0.2) is 60.7 Å². The van der Waals surface area contributed by atoms with Gasteiger partial charge in [0.15, 0.2) is 0 Å². The smallest absolute Gasteiger partial charge is 0.214 e. The standard InChI is InChI=1S/C17H15NO2/c1-19-15-9-5-8-14-10-11-16(18-17(14)15)20-12-13-6-3-2-4-7-13/h2-11H,12H2,1H3. The average molecular weight is 265 g/mol. The van der Waals surface area contributed by atoms with Crippen LogP contribution in [-0.2, 0) is 6.61 Å². The topological polar surface area (TPSA) is 31.4 Å². The van der Waals surface area contributed by atoms with E-state index in [0.29, 0.717) is 12.5 Å². The van der Waals surface area contributed by atoms with Gasteiger partial charge in [-0.15, -0.1) is 0 Å². The number of aromatic nitrogens is 1. The first kappa shape index (κ1) is 12.5. The molecule has 100 valence electrons. The van der Waals surface area contributed by atoms with Gasteiger partial charge in [-0.1, -0.05) is 42.5 Å². The molecule has 0 radical (unpaired) electrons. The lowest BCUT2D eigenvalue weighted by molar-refractivity contribution is 0.294. The van der Waals surface area contributed by atoms with Gasteiger partial charge in [0.1, 0.15) is 17.9 Å². The summed E-state index contributed by atoms with van der Waals surface area (Å²) in [6, 6.07) is 19.8. The number of rotatable bonds is 4. The van der Waals surface area contributed by atoms with E-state index in [1.165, 1.54) is 0 Å². The molecule has 0 fully saturated rings. The quantitative estimate of drug-likeness (QED) is 0.718. The van der Waals surface area contributed by atoms with Crippen molar-refractivity contribution in [1.82, 2.24) is 4.98 Å². The summed E-state index contributed by atoms with van der Waals surface area (Å²) < 4.78 is 11.1. The maximum absolute atomic E-state index is 5.73. The molecule has 3 nitrogen and oxygen atoms in total. The molecule has 0 aliphatic carbocycles. The summed E-state index contributed by atoms with van der Waals surface area (Å²) in [4.78, 5) is 4.51. The van der Waals surface area contributed by atoms with E-state index >= 15 is 0 Å². The Bertz CT molecular complexity index is 711. The average Bonchev–Trinajstić information content (AvgIpc) is 2.53. The third-order valence-electron chi connectivity index (χ3n) is 3.11. The third kappa shape index (κ3) is 2.57. The first-order valence-electron chi connectivity index (χ1n) is 6.47. The highest BCUT2D eigenvalue weighted by molar-refractivity contribution is 5.84. The zero-order valence-electron chi connectivity index (χ0n) is 11.2. The molecule has 0 saturated carbocycles. The Morgan fingerprint density at radius 3 is 2.55 bits per heavy atom. The number of ether oxygens (including phenoxy) is 2. The van der Waals surface area contributed by atoms with E-state index < -0.39 is 0 Å². The van der Waals surface area contributed by atoms with Crippen LogP contribution in [0, 0.1) is 0 Å². The molecule has 3 rings (SSSR count). The molecule has 0 aliphatic rings. The van der Waals surface area contributed by atoms with Gasteiger partial charge in [0.25, 0.3) is 0 Å². The second kappa shape index (κ2) is 5.61. The Morgan fingerprint density at radius 1 is 0.900 bits per heavy atom. The molecule has 0 N–H and O–H groups in total. The van der Waals surface area contributed by atoms with Crippen molar-refractivity contribution in [2.45, 2.75) is 6.61 Å². The maximum Gasteiger partial charge on any atom is 0.214 e. The SMILES string of the molecule is COc1cccc2ccc(OCc3ccccc3)nc12. The van der Waals surface area contributed by atoms with E-state index in [9.17, 15) is 0 Å². The van der Waals surface area contributed by atoms with E-state index in [1.54, 1.807) is 7.11 Å². The van der Waals surface area contributed by atoms with E-state index in [4.69, 9.17) is 9.47 Å². The lowest BCUT2D eigenvalue weighted by atomic mass is 10.2. The number of hydrogen-bond acceptors (Lipinski definition) is 3. The highest BCUT2D eigenvalue weighted by Gasteiger charge is 2.04. The summed E-state index contributed by atoms with van der Waals surface area (Å²) >= 11 is 0. The second-order valence-corrected chi connectivity index (χ2v) is 4.46. The van der Waals surface area contributed by atoms with Crippen molar-refractivity contribution in [1.29, 1.82) is 0 Å². The lowest BCUT2D eigenvalue weighted by Gasteiger charge is -2.08. The predicted octanol–water partition coefficient (Wildman–Crippen LogP) is 3.82. The van der Waals surface area contributed by atoms with Crippen molar-refractivity contribution in [3.8, 4) is 11.6 Å². The van der Waals surface area contributed by atoms with Gasteiger partial charge in [-0.3, -0.25) is 0 Å². The van der Waals surface area contributed by atoms with E-state index in [2.05, 4.69) is 4.98 Å². The fraction of sp³-hybridized carbons (Fsp3) is 0.118. The van der Waals surface area contributed by atoms with Crippen molar-refractivity contribution in [3.63, 3.8) is 0 Å². The number of nitrogens with zero attached hydrogens (tertiary/aromatic N) is 1. The van der Waals surface area contributed by atoms with Gasteiger partial charge in [-0.2, -0.15) is 0 Å². The first-order chi connectivity index (χ1) is 9.86. The molecule has 0 amide bonds. The Labute approximate surface area is 117 Å². The molecule has 0 atom stereocenters. The maximum atomic E-state index is 5.73. The van der Waals surface area contributed by atoms with Crippen molar-refractivity contribution in [3.05, 3.63) is 66.2 Å². The van der Waals surface area contributed by atoms with Crippen molar-refractivity contribution >= 4 is 10.9 Å². The molecule has 0 saturated heterocycles. The number of para-hydroxylation sites is 1. The van der Waals surface area contributed by atoms with Gasteiger partial charge in [0.05, 0.1) is 7.11 Å². The minimum Gasteiger partial charge on any atom is -0.494 e. The van der Waals surface area contributed by atoms with Crippen molar-refractivity contribution in [2.24, 2.45) is 0 Å². The summed E-state index contributed by atoms with van der Waals surface area (Å²) in [6.07, 6.45) is 0. The summed E-state index contributed by atoms with van der Waals surface area (Å²) in [7, 11) is 1.65. The Morgan fingerprint density at radius 2 is 1.75 bits per heavy atom. The molecule has 2 aromatic carbocycles. The summed E-state index contributed by atoms with van der Waals surface area (Å²) in [6.45, 7) is 0.508. The van der Waals surface area contributed by atoms with Crippen LogP contribution in [0.3, 0.4) is 0 Å². The van der Waals surface area contributed by atoms with E-state index in [1.807, 2.05) is 60.7 Å². The molecular weight excluding hydrogens is 250 g/mol. The molecule has 0 bridgehead atoms. The molecule has 0 unspecified atom stereocenters. The van der Waals surface area contributed by atoms with Gasteiger partial charge in [-0.25, -0.2) is 4.98 Å². The number of benzene rings is 2. The number of pyridine rings is 1. The number of fused-ring (bicyclic) bond motifs is 1. The summed E-state index contributed by atoms with van der Waals surface area (Å²) in [5, 5.41) is 1.04. The van der Waals surface area contributed by atoms with Gasteiger partial charge in [0, 0.05) is 11.5 Å². The van der Waals surface area contributed by atoms with E-state index in [-0.39, 0.29) is 0 Å². The fourth-order valence-electron chi connectivity index (χ4n) is 2.08. The first-order valence-corrected chi connectivity index (χ1v) is 6.47. The number of hydrogen-bond donors (Lipinski definition) is 0. The largest absolute Gasteiger partial charge is 0.494 e. The Kier molecular flexibility index (Phi) is 3.50. The van der Waals surface area contributed by atoms with Crippen LogP contribution in [-0.4, -0.2) is 12.1 Å². The number of methoxy groups -OCH3 is 1. The van der Waals surface area contributed by atoms with Crippen molar-refractivity contribution < 1.29 is 9.47 Å². The van der Waals surface area contributed by atoms with Crippen LogP contribution >= 0.6 is 0 Å².